The number of halogens is 1. The van der Waals surface area contributed by atoms with Crippen LogP contribution in [0.15, 0.2) is 69.5 Å². The summed E-state index contributed by atoms with van der Waals surface area (Å²) in [6.07, 6.45) is 1.42. The van der Waals surface area contributed by atoms with Crippen LogP contribution in [0.1, 0.15) is 0 Å². The molecule has 0 saturated carbocycles. The molecule has 4 aromatic heterocycles. The van der Waals surface area contributed by atoms with Crippen LogP contribution in [0.4, 0.5) is 5.69 Å². The van der Waals surface area contributed by atoms with Gasteiger partial charge in [0.15, 0.2) is 0 Å². The molecule has 1 amide bonds. The van der Waals surface area contributed by atoms with Gasteiger partial charge in [-0.05, 0) is 51.6 Å². The van der Waals surface area contributed by atoms with Crippen molar-refractivity contribution in [1.29, 1.82) is 0 Å². The van der Waals surface area contributed by atoms with Crippen molar-refractivity contribution >= 4 is 70.6 Å². The molecule has 1 N–H and O–H groups in total. The number of hydrogen-bond donors (Lipinski definition) is 1. The monoisotopic (exact) mass is 496 g/mol. The van der Waals surface area contributed by atoms with Crippen molar-refractivity contribution in [3.05, 3.63) is 75.1 Å². The molecular weight excluding hydrogens is 484 g/mol. The van der Waals surface area contributed by atoms with E-state index in [-0.39, 0.29) is 18.0 Å². The Kier molecular flexibility index (Phi) is 4.93. The molecule has 0 aliphatic rings. The zero-order valence-electron chi connectivity index (χ0n) is 15.3. The van der Waals surface area contributed by atoms with E-state index in [1.165, 1.54) is 22.2 Å². The third kappa shape index (κ3) is 3.45. The predicted octanol–water partition coefficient (Wildman–Crippen LogP) is 5.14. The van der Waals surface area contributed by atoms with Crippen molar-refractivity contribution in [1.82, 2.24) is 14.5 Å². The second-order valence-electron chi connectivity index (χ2n) is 6.51. The highest BCUT2D eigenvalue weighted by atomic mass is 79.9. The van der Waals surface area contributed by atoms with Gasteiger partial charge in [-0.3, -0.25) is 14.2 Å². The van der Waals surface area contributed by atoms with E-state index in [0.29, 0.717) is 15.9 Å². The van der Waals surface area contributed by atoms with Crippen molar-refractivity contribution in [3.63, 3.8) is 0 Å². The minimum absolute atomic E-state index is 0.120. The lowest BCUT2D eigenvalue weighted by molar-refractivity contribution is -0.116. The van der Waals surface area contributed by atoms with Crippen molar-refractivity contribution < 1.29 is 4.79 Å². The zero-order valence-corrected chi connectivity index (χ0v) is 18.6. The summed E-state index contributed by atoms with van der Waals surface area (Å²) in [6.45, 7) is -0.120. The predicted molar refractivity (Wildman–Crippen MR) is 125 cm³/mol. The maximum atomic E-state index is 13.0. The molecule has 1 aromatic carbocycles. The minimum atomic E-state index is -0.302. The largest absolute Gasteiger partial charge is 0.324 e. The van der Waals surface area contributed by atoms with E-state index in [1.807, 2.05) is 47.8 Å². The normalized spacial score (nSPS) is 11.2. The molecule has 6 nitrogen and oxygen atoms in total. The second-order valence-corrected chi connectivity index (χ2v) is 9.31. The highest BCUT2D eigenvalue weighted by molar-refractivity contribution is 9.10. The fraction of sp³-hybridized carbons (Fsp3) is 0.0476. The number of fused-ring (bicyclic) bond motifs is 3. The Morgan fingerprint density at radius 3 is 2.80 bits per heavy atom. The Morgan fingerprint density at radius 1 is 1.13 bits per heavy atom. The van der Waals surface area contributed by atoms with Gasteiger partial charge < -0.3 is 5.32 Å². The van der Waals surface area contributed by atoms with E-state index in [4.69, 9.17) is 4.98 Å². The highest BCUT2D eigenvalue weighted by Crippen LogP contribution is 2.32. The van der Waals surface area contributed by atoms with Gasteiger partial charge in [0.25, 0.3) is 5.56 Å². The third-order valence-corrected chi connectivity index (χ3v) is 7.21. The summed E-state index contributed by atoms with van der Waals surface area (Å²) < 4.78 is 2.60. The number of amides is 1. The number of carbonyl (C=O) groups excluding carboxylic acids is 1. The first-order valence-electron chi connectivity index (χ1n) is 8.97. The summed E-state index contributed by atoms with van der Waals surface area (Å²) in [5.74, 6) is -0.302. The van der Waals surface area contributed by atoms with Gasteiger partial charge in [-0.1, -0.05) is 18.2 Å². The number of rotatable bonds is 4. The molecule has 0 aliphatic heterocycles. The number of aromatic nitrogens is 3. The fourth-order valence-corrected chi connectivity index (χ4v) is 5.29. The van der Waals surface area contributed by atoms with E-state index in [1.54, 1.807) is 17.4 Å². The van der Waals surface area contributed by atoms with Crippen molar-refractivity contribution in [2.24, 2.45) is 0 Å². The van der Waals surface area contributed by atoms with Crippen LogP contribution in [-0.4, -0.2) is 20.4 Å². The highest BCUT2D eigenvalue weighted by Gasteiger charge is 2.15. The molecule has 0 spiro atoms. The smallest absolute Gasteiger partial charge is 0.271 e. The standard InChI is InChI=1S/C21H13BrN4O2S2/c22-13-4-1-2-5-14(13)24-17(27)10-26-11-23-18-12-7-8-15(16-6-3-9-29-16)25-20(12)30-19(18)21(26)28/h1-9,11H,10H2,(H,24,27). The molecule has 5 aromatic rings. The van der Waals surface area contributed by atoms with Crippen LogP contribution in [0.25, 0.3) is 31.0 Å². The molecule has 4 heterocycles. The van der Waals surface area contributed by atoms with E-state index in [9.17, 15) is 9.59 Å². The van der Waals surface area contributed by atoms with Gasteiger partial charge in [0.05, 0.1) is 28.1 Å². The Labute approximate surface area is 187 Å². The van der Waals surface area contributed by atoms with E-state index in [0.717, 1.165) is 25.3 Å². The lowest BCUT2D eigenvalue weighted by Gasteiger charge is -2.08. The van der Waals surface area contributed by atoms with Crippen molar-refractivity contribution in [3.8, 4) is 10.6 Å². The summed E-state index contributed by atoms with van der Waals surface area (Å²) in [4.78, 5) is 36.4. The van der Waals surface area contributed by atoms with Crippen LogP contribution in [0.2, 0.25) is 0 Å². The van der Waals surface area contributed by atoms with Gasteiger partial charge in [-0.15, -0.1) is 22.7 Å². The average Bonchev–Trinajstić information content (AvgIpc) is 3.40. The van der Waals surface area contributed by atoms with E-state index >= 15 is 0 Å². The number of nitrogens with zero attached hydrogens (tertiary/aromatic N) is 3. The molecule has 0 bridgehead atoms. The molecule has 9 heteroatoms. The lowest BCUT2D eigenvalue weighted by atomic mass is 10.2. The maximum absolute atomic E-state index is 13.0. The molecule has 0 saturated heterocycles. The van der Waals surface area contributed by atoms with Crippen LogP contribution in [0, 0.1) is 0 Å². The average molecular weight is 497 g/mol. The van der Waals surface area contributed by atoms with Crippen LogP contribution in [-0.2, 0) is 11.3 Å². The molecule has 148 valence electrons. The molecule has 0 atom stereocenters. The Balaban J connectivity index is 1.49. The first-order chi connectivity index (χ1) is 14.6. The third-order valence-electron chi connectivity index (χ3n) is 4.55. The number of benzene rings is 1. The van der Waals surface area contributed by atoms with E-state index in [2.05, 4.69) is 26.2 Å². The van der Waals surface area contributed by atoms with Crippen molar-refractivity contribution in [2.75, 3.05) is 5.32 Å². The minimum Gasteiger partial charge on any atom is -0.324 e. The first kappa shape index (κ1) is 19.1. The number of anilines is 1. The molecule has 0 fully saturated rings. The first-order valence-corrected chi connectivity index (χ1v) is 11.5. The molecule has 30 heavy (non-hydrogen) atoms. The summed E-state index contributed by atoms with van der Waals surface area (Å²) in [5, 5.41) is 5.65. The molecular formula is C21H13BrN4O2S2. The number of para-hydroxylation sites is 1. The lowest BCUT2D eigenvalue weighted by Crippen LogP contribution is -2.27. The van der Waals surface area contributed by atoms with Crippen LogP contribution < -0.4 is 10.9 Å². The van der Waals surface area contributed by atoms with E-state index < -0.39 is 0 Å². The Bertz CT molecular complexity index is 1460. The number of carbonyl (C=O) groups is 1. The van der Waals surface area contributed by atoms with Gasteiger partial charge in [0.2, 0.25) is 5.91 Å². The molecule has 0 aliphatic carbocycles. The maximum Gasteiger partial charge on any atom is 0.271 e. The molecule has 5 rings (SSSR count). The number of nitrogens with one attached hydrogen (secondary N) is 1. The Morgan fingerprint density at radius 2 is 2.00 bits per heavy atom. The fourth-order valence-electron chi connectivity index (χ4n) is 3.13. The van der Waals surface area contributed by atoms with Gasteiger partial charge >= 0.3 is 0 Å². The SMILES string of the molecule is O=C(Cn1cnc2c(sc3nc(-c4cccs4)ccc32)c1=O)Nc1ccccc1Br. The number of thiophene rings is 2. The topological polar surface area (TPSA) is 76.9 Å². The number of hydrogen-bond acceptors (Lipinski definition) is 6. The summed E-state index contributed by atoms with van der Waals surface area (Å²) in [7, 11) is 0. The van der Waals surface area contributed by atoms with Crippen LogP contribution >= 0.6 is 38.6 Å². The van der Waals surface area contributed by atoms with Crippen LogP contribution in [0.3, 0.4) is 0 Å². The van der Waals surface area contributed by atoms with Gasteiger partial charge in [0.1, 0.15) is 16.1 Å². The summed E-state index contributed by atoms with van der Waals surface area (Å²) in [6, 6.07) is 15.2. The molecule has 0 radical (unpaired) electrons. The van der Waals surface area contributed by atoms with Crippen LogP contribution in [0.5, 0.6) is 0 Å². The Hall–Kier alpha value is -2.88. The van der Waals surface area contributed by atoms with Gasteiger partial charge in [0, 0.05) is 9.86 Å². The number of pyridine rings is 1. The van der Waals surface area contributed by atoms with Gasteiger partial charge in [-0.25, -0.2) is 9.97 Å². The summed E-state index contributed by atoms with van der Waals surface area (Å²) >= 11 is 6.32. The zero-order chi connectivity index (χ0) is 20.7. The quantitative estimate of drug-likeness (QED) is 0.373. The second kappa shape index (κ2) is 7.75. The van der Waals surface area contributed by atoms with Gasteiger partial charge in [-0.2, -0.15) is 0 Å². The summed E-state index contributed by atoms with van der Waals surface area (Å²) in [5.41, 5.74) is 1.89. The van der Waals surface area contributed by atoms with Crippen molar-refractivity contribution in [2.45, 2.75) is 6.54 Å². The molecule has 0 unspecified atom stereocenters.